The van der Waals surface area contributed by atoms with E-state index in [-0.39, 0.29) is 0 Å². The molecule has 0 saturated heterocycles. The second-order valence-corrected chi connectivity index (χ2v) is 5.31. The first-order valence-electron chi connectivity index (χ1n) is 5.35. The first-order chi connectivity index (χ1) is 6.54. The average molecular weight is 211 g/mol. The van der Waals surface area contributed by atoms with Crippen LogP contribution in [0.15, 0.2) is 17.5 Å². The van der Waals surface area contributed by atoms with Gasteiger partial charge in [-0.25, -0.2) is 0 Å². The molecule has 1 aromatic heterocycles. The van der Waals surface area contributed by atoms with Crippen LogP contribution in [0.3, 0.4) is 0 Å². The van der Waals surface area contributed by atoms with Crippen molar-refractivity contribution in [2.75, 3.05) is 0 Å². The topological polar surface area (TPSA) is 3.24 Å². The number of nitrogens with zero attached hydrogens (tertiary/aromatic N) is 1. The molecular weight excluding hydrogens is 190 g/mol. The Balaban J connectivity index is 2.79. The third kappa shape index (κ3) is 2.58. The van der Waals surface area contributed by atoms with Crippen molar-refractivity contribution in [1.82, 2.24) is 4.90 Å². The quantitative estimate of drug-likeness (QED) is 0.729. The van der Waals surface area contributed by atoms with Crippen molar-refractivity contribution in [2.24, 2.45) is 0 Å². The fraction of sp³-hybridized carbons (Fsp3) is 0.667. The molecule has 0 fully saturated rings. The lowest BCUT2D eigenvalue weighted by molar-refractivity contribution is 0.125. The summed E-state index contributed by atoms with van der Waals surface area (Å²) in [5.74, 6) is 0. The molecule has 0 bridgehead atoms. The van der Waals surface area contributed by atoms with Gasteiger partial charge in [0.15, 0.2) is 0 Å². The molecule has 2 heteroatoms. The summed E-state index contributed by atoms with van der Waals surface area (Å²) in [4.78, 5) is 4.01. The van der Waals surface area contributed by atoms with Crippen LogP contribution < -0.4 is 0 Å². The van der Waals surface area contributed by atoms with Crippen molar-refractivity contribution in [3.05, 3.63) is 22.4 Å². The Morgan fingerprint density at radius 2 is 1.64 bits per heavy atom. The summed E-state index contributed by atoms with van der Waals surface area (Å²) in [5, 5.41) is 2.16. The first-order valence-corrected chi connectivity index (χ1v) is 6.22. The van der Waals surface area contributed by atoms with E-state index in [1.807, 2.05) is 11.3 Å². The third-order valence-corrected chi connectivity index (χ3v) is 3.64. The van der Waals surface area contributed by atoms with Crippen LogP contribution in [0.4, 0.5) is 0 Å². The molecule has 0 aliphatic heterocycles. The molecule has 1 rings (SSSR count). The van der Waals surface area contributed by atoms with E-state index in [0.29, 0.717) is 18.1 Å². The van der Waals surface area contributed by atoms with E-state index in [1.54, 1.807) is 0 Å². The molecule has 1 nitrogen and oxygen atoms in total. The molecule has 0 amide bonds. The highest BCUT2D eigenvalue weighted by molar-refractivity contribution is 7.10. The van der Waals surface area contributed by atoms with Gasteiger partial charge in [-0.05, 0) is 46.1 Å². The summed E-state index contributed by atoms with van der Waals surface area (Å²) in [6.07, 6.45) is 0. The highest BCUT2D eigenvalue weighted by Gasteiger charge is 2.21. The molecule has 0 saturated carbocycles. The highest BCUT2D eigenvalue weighted by atomic mass is 32.1. The predicted molar refractivity (Wildman–Crippen MR) is 64.8 cm³/mol. The summed E-state index contributed by atoms with van der Waals surface area (Å²) >= 11 is 1.85. The van der Waals surface area contributed by atoms with Crippen molar-refractivity contribution in [1.29, 1.82) is 0 Å². The van der Waals surface area contributed by atoms with Gasteiger partial charge in [0, 0.05) is 23.0 Å². The van der Waals surface area contributed by atoms with Gasteiger partial charge in [0.25, 0.3) is 0 Å². The van der Waals surface area contributed by atoms with E-state index < -0.39 is 0 Å². The van der Waals surface area contributed by atoms with E-state index in [4.69, 9.17) is 0 Å². The molecule has 1 atom stereocenters. The van der Waals surface area contributed by atoms with Gasteiger partial charge in [-0.2, -0.15) is 0 Å². The minimum Gasteiger partial charge on any atom is -0.291 e. The van der Waals surface area contributed by atoms with Crippen molar-refractivity contribution in [3.63, 3.8) is 0 Å². The zero-order valence-electron chi connectivity index (χ0n) is 9.82. The maximum Gasteiger partial charge on any atom is 0.0418 e. The van der Waals surface area contributed by atoms with Gasteiger partial charge in [-0.3, -0.25) is 4.90 Å². The van der Waals surface area contributed by atoms with Gasteiger partial charge < -0.3 is 0 Å². The van der Waals surface area contributed by atoms with E-state index in [9.17, 15) is 0 Å². The van der Waals surface area contributed by atoms with Crippen molar-refractivity contribution in [2.45, 2.75) is 52.7 Å². The normalized spacial score (nSPS) is 14.3. The Morgan fingerprint density at radius 1 is 1.07 bits per heavy atom. The maximum absolute atomic E-state index is 2.55. The first kappa shape index (κ1) is 11.7. The van der Waals surface area contributed by atoms with Crippen LogP contribution in [0, 0.1) is 0 Å². The highest BCUT2D eigenvalue weighted by Crippen LogP contribution is 2.27. The number of hydrogen-bond acceptors (Lipinski definition) is 2. The smallest absolute Gasteiger partial charge is 0.0418 e. The SMILES string of the molecule is CC(C)N(C(C)C)C(C)c1cccs1. The second-order valence-electron chi connectivity index (χ2n) is 4.33. The summed E-state index contributed by atoms with van der Waals surface area (Å²) < 4.78 is 0. The molecule has 0 aromatic carbocycles. The Bertz CT molecular complexity index is 243. The number of hydrogen-bond donors (Lipinski definition) is 0. The van der Waals surface area contributed by atoms with Crippen LogP contribution in [0.25, 0.3) is 0 Å². The van der Waals surface area contributed by atoms with Crippen LogP contribution >= 0.6 is 11.3 Å². The molecule has 0 aliphatic rings. The van der Waals surface area contributed by atoms with Crippen LogP contribution in [0.1, 0.15) is 45.5 Å². The molecule has 14 heavy (non-hydrogen) atoms. The molecule has 0 spiro atoms. The van der Waals surface area contributed by atoms with Crippen molar-refractivity contribution >= 4 is 11.3 Å². The van der Waals surface area contributed by atoms with E-state index in [1.165, 1.54) is 4.88 Å². The molecule has 1 aromatic rings. The summed E-state index contributed by atoms with van der Waals surface area (Å²) in [6.45, 7) is 11.4. The van der Waals surface area contributed by atoms with Crippen molar-refractivity contribution in [3.8, 4) is 0 Å². The van der Waals surface area contributed by atoms with Crippen molar-refractivity contribution < 1.29 is 0 Å². The largest absolute Gasteiger partial charge is 0.291 e. The Labute approximate surface area is 91.8 Å². The second kappa shape index (κ2) is 4.94. The third-order valence-electron chi connectivity index (χ3n) is 2.59. The van der Waals surface area contributed by atoms with Crippen LogP contribution in [0.5, 0.6) is 0 Å². The molecule has 0 radical (unpaired) electrons. The van der Waals surface area contributed by atoms with Gasteiger partial charge in [-0.15, -0.1) is 11.3 Å². The fourth-order valence-corrected chi connectivity index (χ4v) is 2.96. The average Bonchev–Trinajstić information content (AvgIpc) is 2.53. The Kier molecular flexibility index (Phi) is 4.14. The Hall–Kier alpha value is -0.340. The monoisotopic (exact) mass is 211 g/mol. The zero-order chi connectivity index (χ0) is 10.7. The standard InChI is InChI=1S/C12H21NS/c1-9(2)13(10(3)4)11(5)12-7-6-8-14-12/h6-11H,1-5H3. The number of rotatable bonds is 4. The maximum atomic E-state index is 2.55. The van der Waals surface area contributed by atoms with E-state index in [0.717, 1.165) is 0 Å². The lowest BCUT2D eigenvalue weighted by atomic mass is 10.1. The fourth-order valence-electron chi connectivity index (χ4n) is 2.17. The molecule has 1 unspecified atom stereocenters. The van der Waals surface area contributed by atoms with Crippen LogP contribution in [-0.4, -0.2) is 17.0 Å². The molecule has 0 aliphatic carbocycles. The van der Waals surface area contributed by atoms with Gasteiger partial charge in [0.05, 0.1) is 0 Å². The predicted octanol–water partition coefficient (Wildman–Crippen LogP) is 3.93. The van der Waals surface area contributed by atoms with Crippen LogP contribution in [0.2, 0.25) is 0 Å². The van der Waals surface area contributed by atoms with E-state index in [2.05, 4.69) is 57.0 Å². The molecule has 1 heterocycles. The summed E-state index contributed by atoms with van der Waals surface area (Å²) in [5.41, 5.74) is 0. The summed E-state index contributed by atoms with van der Waals surface area (Å²) in [7, 11) is 0. The van der Waals surface area contributed by atoms with Gasteiger partial charge in [0.2, 0.25) is 0 Å². The molecule has 80 valence electrons. The van der Waals surface area contributed by atoms with E-state index >= 15 is 0 Å². The minimum absolute atomic E-state index is 0.537. The Morgan fingerprint density at radius 3 is 2.00 bits per heavy atom. The van der Waals surface area contributed by atoms with Gasteiger partial charge in [-0.1, -0.05) is 6.07 Å². The lowest BCUT2D eigenvalue weighted by Gasteiger charge is -2.35. The minimum atomic E-state index is 0.537. The van der Waals surface area contributed by atoms with Crippen LogP contribution in [-0.2, 0) is 0 Å². The zero-order valence-corrected chi connectivity index (χ0v) is 10.6. The number of thiophene rings is 1. The molecular formula is C12H21NS. The lowest BCUT2D eigenvalue weighted by Crippen LogP contribution is -2.38. The van der Waals surface area contributed by atoms with Gasteiger partial charge >= 0.3 is 0 Å². The molecule has 0 N–H and O–H groups in total. The summed E-state index contributed by atoms with van der Waals surface area (Å²) in [6, 6.07) is 6.11. The van der Waals surface area contributed by atoms with Gasteiger partial charge in [0.1, 0.15) is 0 Å².